The lowest BCUT2D eigenvalue weighted by Gasteiger charge is -2.08. The first kappa shape index (κ1) is 15.0. The van der Waals surface area contributed by atoms with Gasteiger partial charge < -0.3 is 14.9 Å². The van der Waals surface area contributed by atoms with Crippen LogP contribution in [0.3, 0.4) is 0 Å². The molecule has 0 radical (unpaired) electrons. The van der Waals surface area contributed by atoms with Gasteiger partial charge in [-0.2, -0.15) is 0 Å². The number of H-pyrrole nitrogens is 1. The molecule has 0 fully saturated rings. The second-order valence-corrected chi connectivity index (χ2v) is 5.36. The zero-order valence-corrected chi connectivity index (χ0v) is 12.7. The number of amides is 1. The normalized spacial score (nSPS) is 10.8. The number of carbonyl (C=O) groups excluding carboxylic acids is 1. The quantitative estimate of drug-likeness (QED) is 0.683. The third kappa shape index (κ3) is 3.66. The zero-order chi connectivity index (χ0) is 16.1. The topological polar surface area (TPSA) is 79.8 Å². The van der Waals surface area contributed by atoms with Crippen LogP contribution in [0.5, 0.6) is 0 Å². The van der Waals surface area contributed by atoms with Gasteiger partial charge in [-0.05, 0) is 18.9 Å². The Morgan fingerprint density at radius 3 is 2.96 bits per heavy atom. The standard InChI is InChI=1S/C17H18N4O2/c22-16-11-14(13-5-1-2-6-15(13)20-16)17(23)19-7-3-4-9-21-10-8-18-12-21/h1-2,5-6,8,10-12H,3-4,7,9H2,(H,19,23)(H,20,22). The van der Waals surface area contributed by atoms with Crippen LogP contribution >= 0.6 is 0 Å². The first-order valence-electron chi connectivity index (χ1n) is 7.60. The van der Waals surface area contributed by atoms with E-state index in [9.17, 15) is 9.59 Å². The van der Waals surface area contributed by atoms with Crippen molar-refractivity contribution in [3.63, 3.8) is 0 Å². The number of aryl methyl sites for hydroxylation is 1. The van der Waals surface area contributed by atoms with Gasteiger partial charge in [0, 0.05) is 42.5 Å². The van der Waals surface area contributed by atoms with E-state index in [1.807, 2.05) is 29.0 Å². The van der Waals surface area contributed by atoms with E-state index in [0.29, 0.717) is 17.6 Å². The van der Waals surface area contributed by atoms with Crippen LogP contribution in [0.1, 0.15) is 23.2 Å². The second kappa shape index (κ2) is 6.91. The summed E-state index contributed by atoms with van der Waals surface area (Å²) < 4.78 is 2.01. The van der Waals surface area contributed by atoms with Gasteiger partial charge in [0.05, 0.1) is 11.9 Å². The average molecular weight is 310 g/mol. The molecule has 2 heterocycles. The number of unbranched alkanes of at least 4 members (excludes halogenated alkanes) is 1. The lowest BCUT2D eigenvalue weighted by molar-refractivity contribution is 0.0954. The Balaban J connectivity index is 1.59. The number of nitrogens with one attached hydrogen (secondary N) is 2. The number of hydrogen-bond donors (Lipinski definition) is 2. The van der Waals surface area contributed by atoms with E-state index in [4.69, 9.17) is 0 Å². The van der Waals surface area contributed by atoms with Gasteiger partial charge in [-0.25, -0.2) is 4.98 Å². The molecule has 2 aromatic heterocycles. The maximum absolute atomic E-state index is 12.3. The van der Waals surface area contributed by atoms with Gasteiger partial charge in [0.15, 0.2) is 0 Å². The summed E-state index contributed by atoms with van der Waals surface area (Å²) in [6.07, 6.45) is 7.26. The predicted octanol–water partition coefficient (Wildman–Crippen LogP) is 1.93. The molecule has 6 heteroatoms. The van der Waals surface area contributed by atoms with Gasteiger partial charge in [-0.3, -0.25) is 9.59 Å². The number of nitrogens with zero attached hydrogens (tertiary/aromatic N) is 2. The van der Waals surface area contributed by atoms with E-state index in [0.717, 1.165) is 24.8 Å². The molecular formula is C17H18N4O2. The number of aromatic amines is 1. The van der Waals surface area contributed by atoms with Crippen molar-refractivity contribution in [3.05, 3.63) is 65.0 Å². The van der Waals surface area contributed by atoms with Crippen LogP contribution in [0.2, 0.25) is 0 Å². The van der Waals surface area contributed by atoms with E-state index in [-0.39, 0.29) is 11.5 Å². The van der Waals surface area contributed by atoms with E-state index < -0.39 is 0 Å². The Hall–Kier alpha value is -2.89. The minimum atomic E-state index is -0.269. The van der Waals surface area contributed by atoms with Gasteiger partial charge in [0.25, 0.3) is 5.91 Å². The van der Waals surface area contributed by atoms with Gasteiger partial charge in [0.1, 0.15) is 0 Å². The van der Waals surface area contributed by atoms with E-state index >= 15 is 0 Å². The molecule has 2 N–H and O–H groups in total. The molecule has 0 atom stereocenters. The molecule has 0 aliphatic heterocycles. The Morgan fingerprint density at radius 1 is 1.26 bits per heavy atom. The molecule has 0 aliphatic carbocycles. The number of hydrogen-bond acceptors (Lipinski definition) is 3. The molecule has 23 heavy (non-hydrogen) atoms. The molecule has 3 rings (SSSR count). The van der Waals surface area contributed by atoms with Crippen molar-refractivity contribution in [1.29, 1.82) is 0 Å². The van der Waals surface area contributed by atoms with Crippen molar-refractivity contribution in [2.24, 2.45) is 0 Å². The van der Waals surface area contributed by atoms with Crippen molar-refractivity contribution < 1.29 is 4.79 Å². The summed E-state index contributed by atoms with van der Waals surface area (Å²) >= 11 is 0. The molecular weight excluding hydrogens is 292 g/mol. The maximum Gasteiger partial charge on any atom is 0.252 e. The van der Waals surface area contributed by atoms with E-state index in [2.05, 4.69) is 15.3 Å². The highest BCUT2D eigenvalue weighted by atomic mass is 16.2. The summed E-state index contributed by atoms with van der Waals surface area (Å²) in [4.78, 5) is 30.7. The fourth-order valence-electron chi connectivity index (χ4n) is 2.53. The number of imidazole rings is 1. The molecule has 0 saturated heterocycles. The molecule has 1 aromatic carbocycles. The number of para-hydroxylation sites is 1. The molecule has 3 aromatic rings. The van der Waals surface area contributed by atoms with Crippen LogP contribution in [-0.2, 0) is 6.54 Å². The summed E-state index contributed by atoms with van der Waals surface area (Å²) in [6.45, 7) is 1.46. The van der Waals surface area contributed by atoms with Gasteiger partial charge in [-0.15, -0.1) is 0 Å². The maximum atomic E-state index is 12.3. The predicted molar refractivity (Wildman–Crippen MR) is 88.4 cm³/mol. The summed E-state index contributed by atoms with van der Waals surface area (Å²) in [6, 6.07) is 8.65. The largest absolute Gasteiger partial charge is 0.352 e. The molecule has 6 nitrogen and oxygen atoms in total. The third-order valence-corrected chi connectivity index (χ3v) is 3.68. The van der Waals surface area contributed by atoms with Crippen LogP contribution in [-0.4, -0.2) is 27.0 Å². The molecule has 0 spiro atoms. The Kier molecular flexibility index (Phi) is 4.52. The first-order chi connectivity index (χ1) is 11.2. The molecule has 0 aliphatic rings. The number of pyridine rings is 1. The number of aromatic nitrogens is 3. The smallest absolute Gasteiger partial charge is 0.252 e. The monoisotopic (exact) mass is 310 g/mol. The molecule has 0 unspecified atom stereocenters. The second-order valence-electron chi connectivity index (χ2n) is 5.36. The van der Waals surface area contributed by atoms with Gasteiger partial charge >= 0.3 is 0 Å². The minimum Gasteiger partial charge on any atom is -0.352 e. The van der Waals surface area contributed by atoms with Crippen molar-refractivity contribution in [2.45, 2.75) is 19.4 Å². The van der Waals surface area contributed by atoms with Crippen LogP contribution in [0.4, 0.5) is 0 Å². The fraction of sp³-hybridized carbons (Fsp3) is 0.235. The molecule has 0 saturated carbocycles. The SMILES string of the molecule is O=C(NCCCCn1ccnc1)c1cc(=O)[nH]c2ccccc12. The third-order valence-electron chi connectivity index (χ3n) is 3.68. The number of carbonyl (C=O) groups is 1. The molecule has 1 amide bonds. The number of rotatable bonds is 6. The summed E-state index contributed by atoms with van der Waals surface area (Å²) in [5.41, 5.74) is 0.818. The van der Waals surface area contributed by atoms with Crippen LogP contribution in [0.25, 0.3) is 10.9 Å². The van der Waals surface area contributed by atoms with Gasteiger partial charge in [0.2, 0.25) is 5.56 Å². The Morgan fingerprint density at radius 2 is 2.13 bits per heavy atom. The van der Waals surface area contributed by atoms with Crippen LogP contribution in [0, 0.1) is 0 Å². The summed E-state index contributed by atoms with van der Waals surface area (Å²) in [5.74, 6) is -0.213. The number of benzene rings is 1. The van der Waals surface area contributed by atoms with Crippen molar-refractivity contribution >= 4 is 16.8 Å². The summed E-state index contributed by atoms with van der Waals surface area (Å²) in [5, 5.41) is 3.63. The first-order valence-corrected chi connectivity index (χ1v) is 7.60. The van der Waals surface area contributed by atoms with Gasteiger partial charge in [-0.1, -0.05) is 18.2 Å². The highest BCUT2D eigenvalue weighted by Gasteiger charge is 2.10. The highest BCUT2D eigenvalue weighted by molar-refractivity contribution is 6.05. The van der Waals surface area contributed by atoms with E-state index in [1.165, 1.54) is 6.07 Å². The van der Waals surface area contributed by atoms with Crippen molar-refractivity contribution in [2.75, 3.05) is 6.54 Å². The van der Waals surface area contributed by atoms with Crippen molar-refractivity contribution in [3.8, 4) is 0 Å². The Bertz CT molecular complexity index is 852. The zero-order valence-electron chi connectivity index (χ0n) is 12.7. The Labute approximate surface area is 133 Å². The molecule has 0 bridgehead atoms. The van der Waals surface area contributed by atoms with Crippen LogP contribution in [0.15, 0.2) is 53.8 Å². The average Bonchev–Trinajstić information content (AvgIpc) is 3.07. The fourth-order valence-corrected chi connectivity index (χ4v) is 2.53. The minimum absolute atomic E-state index is 0.213. The van der Waals surface area contributed by atoms with E-state index in [1.54, 1.807) is 18.6 Å². The summed E-state index contributed by atoms with van der Waals surface area (Å²) in [7, 11) is 0. The molecule has 118 valence electrons. The highest BCUT2D eigenvalue weighted by Crippen LogP contribution is 2.14. The number of fused-ring (bicyclic) bond motifs is 1. The van der Waals surface area contributed by atoms with Crippen molar-refractivity contribution in [1.82, 2.24) is 19.9 Å². The lowest BCUT2D eigenvalue weighted by atomic mass is 10.1. The lowest BCUT2D eigenvalue weighted by Crippen LogP contribution is -2.26. The van der Waals surface area contributed by atoms with Crippen LogP contribution < -0.4 is 10.9 Å².